The SMILES string of the molecule is CCOC(=O)CCc1ccc2oc([B]OC(C)(C)C(C)(C)O)cc2c1. The molecular weight excluding hydrogens is 319 g/mol. The fourth-order valence-corrected chi connectivity index (χ4v) is 2.16. The molecule has 0 aliphatic rings. The third-order valence-electron chi connectivity index (χ3n) is 4.47. The van der Waals surface area contributed by atoms with E-state index in [-0.39, 0.29) is 5.97 Å². The summed E-state index contributed by atoms with van der Waals surface area (Å²) < 4.78 is 16.4. The number of fused-ring (bicyclic) bond motifs is 1. The summed E-state index contributed by atoms with van der Waals surface area (Å²) in [4.78, 5) is 11.5. The molecule has 1 aromatic heterocycles. The van der Waals surface area contributed by atoms with Crippen LogP contribution in [-0.2, 0) is 20.6 Å². The monoisotopic (exact) mass is 345 g/mol. The summed E-state index contributed by atoms with van der Waals surface area (Å²) in [7, 11) is 1.52. The minimum absolute atomic E-state index is 0.189. The number of rotatable bonds is 8. The van der Waals surface area contributed by atoms with Crippen molar-refractivity contribution in [3.63, 3.8) is 0 Å². The first-order valence-corrected chi connectivity index (χ1v) is 8.54. The molecule has 1 aromatic carbocycles. The van der Waals surface area contributed by atoms with Crippen molar-refractivity contribution in [3.05, 3.63) is 29.8 Å². The molecule has 0 bridgehead atoms. The van der Waals surface area contributed by atoms with Crippen molar-refractivity contribution >= 4 is 30.1 Å². The molecule has 0 spiro atoms. The predicted octanol–water partition coefficient (Wildman–Crippen LogP) is 2.74. The Kier molecular flexibility index (Phi) is 5.96. The van der Waals surface area contributed by atoms with Crippen LogP contribution in [0.25, 0.3) is 11.0 Å². The van der Waals surface area contributed by atoms with Crippen LogP contribution in [0.2, 0.25) is 0 Å². The first-order valence-electron chi connectivity index (χ1n) is 8.54. The molecule has 5 nitrogen and oxygen atoms in total. The van der Waals surface area contributed by atoms with Gasteiger partial charge in [0.25, 0.3) is 0 Å². The van der Waals surface area contributed by atoms with E-state index in [1.165, 1.54) is 7.48 Å². The molecule has 6 heteroatoms. The maximum absolute atomic E-state index is 11.5. The number of hydrogen-bond acceptors (Lipinski definition) is 5. The molecule has 135 valence electrons. The number of carbonyl (C=O) groups excluding carboxylic acids is 1. The van der Waals surface area contributed by atoms with Gasteiger partial charge in [-0.1, -0.05) is 6.07 Å². The van der Waals surface area contributed by atoms with Gasteiger partial charge in [-0.25, -0.2) is 0 Å². The van der Waals surface area contributed by atoms with Crippen LogP contribution in [0.3, 0.4) is 0 Å². The Balaban J connectivity index is 2.03. The van der Waals surface area contributed by atoms with Crippen LogP contribution in [0.5, 0.6) is 0 Å². The maximum Gasteiger partial charge on any atom is 0.376 e. The van der Waals surface area contributed by atoms with Crippen molar-refractivity contribution in [1.82, 2.24) is 0 Å². The normalized spacial score (nSPS) is 12.4. The van der Waals surface area contributed by atoms with Crippen LogP contribution in [0.4, 0.5) is 0 Å². The van der Waals surface area contributed by atoms with Crippen molar-refractivity contribution in [2.45, 2.75) is 58.7 Å². The van der Waals surface area contributed by atoms with E-state index < -0.39 is 11.2 Å². The molecular formula is C19H26BO5. The Morgan fingerprint density at radius 1 is 1.24 bits per heavy atom. The molecule has 0 aliphatic carbocycles. The zero-order valence-corrected chi connectivity index (χ0v) is 15.6. The van der Waals surface area contributed by atoms with Gasteiger partial charge in [0.15, 0.2) is 0 Å². The first kappa shape index (κ1) is 19.5. The highest BCUT2D eigenvalue weighted by atomic mass is 16.5. The molecule has 2 aromatic rings. The molecule has 1 radical (unpaired) electrons. The van der Waals surface area contributed by atoms with E-state index >= 15 is 0 Å². The summed E-state index contributed by atoms with van der Waals surface area (Å²) in [6, 6.07) is 7.70. The van der Waals surface area contributed by atoms with Gasteiger partial charge in [0.1, 0.15) is 5.58 Å². The molecule has 25 heavy (non-hydrogen) atoms. The van der Waals surface area contributed by atoms with E-state index in [1.54, 1.807) is 20.8 Å². The summed E-state index contributed by atoms with van der Waals surface area (Å²) in [5.41, 5.74) is 0.628. The van der Waals surface area contributed by atoms with Crippen molar-refractivity contribution in [1.29, 1.82) is 0 Å². The van der Waals surface area contributed by atoms with E-state index in [4.69, 9.17) is 13.8 Å². The van der Waals surface area contributed by atoms with Crippen molar-refractivity contribution < 1.29 is 23.7 Å². The lowest BCUT2D eigenvalue weighted by Gasteiger charge is -2.37. The number of aliphatic hydroxyl groups is 1. The molecule has 0 saturated heterocycles. The molecule has 1 heterocycles. The van der Waals surface area contributed by atoms with Crippen LogP contribution in [0, 0.1) is 0 Å². The van der Waals surface area contributed by atoms with E-state index in [2.05, 4.69) is 0 Å². The van der Waals surface area contributed by atoms with Gasteiger partial charge in [-0.05, 0) is 64.8 Å². The number of benzene rings is 1. The maximum atomic E-state index is 11.5. The minimum Gasteiger partial charge on any atom is -0.469 e. The van der Waals surface area contributed by atoms with Gasteiger partial charge in [0, 0.05) is 11.8 Å². The molecule has 2 rings (SSSR count). The van der Waals surface area contributed by atoms with Gasteiger partial charge >= 0.3 is 13.5 Å². The van der Waals surface area contributed by atoms with Crippen molar-refractivity contribution in [2.75, 3.05) is 6.61 Å². The molecule has 1 N–H and O–H groups in total. The second-order valence-electron chi connectivity index (χ2n) is 7.13. The molecule has 0 amide bonds. The lowest BCUT2D eigenvalue weighted by molar-refractivity contribution is -0.143. The quantitative estimate of drug-likeness (QED) is 0.589. The van der Waals surface area contributed by atoms with Crippen LogP contribution < -0.4 is 5.66 Å². The van der Waals surface area contributed by atoms with Crippen LogP contribution >= 0.6 is 0 Å². The van der Waals surface area contributed by atoms with E-state index in [9.17, 15) is 9.90 Å². The number of carbonyl (C=O) groups is 1. The zero-order chi connectivity index (χ0) is 18.7. The van der Waals surface area contributed by atoms with Crippen LogP contribution in [0.1, 0.15) is 46.6 Å². The fraction of sp³-hybridized carbons (Fsp3) is 0.526. The minimum atomic E-state index is -0.990. The highest BCUT2D eigenvalue weighted by Crippen LogP contribution is 2.24. The van der Waals surface area contributed by atoms with E-state index in [1.807, 2.05) is 38.1 Å². The van der Waals surface area contributed by atoms with Crippen molar-refractivity contribution in [2.24, 2.45) is 0 Å². The number of hydrogen-bond donors (Lipinski definition) is 1. The third-order valence-corrected chi connectivity index (χ3v) is 4.47. The summed E-state index contributed by atoms with van der Waals surface area (Å²) in [5, 5.41) is 11.1. The average molecular weight is 345 g/mol. The summed E-state index contributed by atoms with van der Waals surface area (Å²) in [6.07, 6.45) is 0.986. The summed E-state index contributed by atoms with van der Waals surface area (Å²) in [5.74, 6) is -0.189. The largest absolute Gasteiger partial charge is 0.469 e. The van der Waals surface area contributed by atoms with Gasteiger partial charge in [0.2, 0.25) is 0 Å². The summed E-state index contributed by atoms with van der Waals surface area (Å²) in [6.45, 7) is 9.25. The second kappa shape index (κ2) is 7.62. The Morgan fingerprint density at radius 2 is 1.96 bits per heavy atom. The lowest BCUT2D eigenvalue weighted by atomic mass is 9.85. The van der Waals surface area contributed by atoms with Crippen LogP contribution in [-0.4, -0.2) is 36.4 Å². The topological polar surface area (TPSA) is 68.9 Å². The lowest BCUT2D eigenvalue weighted by Crippen LogP contribution is -2.49. The Morgan fingerprint density at radius 3 is 2.60 bits per heavy atom. The van der Waals surface area contributed by atoms with E-state index in [0.717, 1.165) is 16.5 Å². The molecule has 0 fully saturated rings. The highest BCUT2D eigenvalue weighted by Gasteiger charge is 2.36. The van der Waals surface area contributed by atoms with Crippen molar-refractivity contribution in [3.8, 4) is 0 Å². The number of aryl methyl sites for hydroxylation is 1. The smallest absolute Gasteiger partial charge is 0.376 e. The Bertz CT molecular complexity index is 727. The average Bonchev–Trinajstić information content (AvgIpc) is 2.92. The highest BCUT2D eigenvalue weighted by molar-refractivity contribution is 6.45. The molecule has 0 unspecified atom stereocenters. The zero-order valence-electron chi connectivity index (χ0n) is 15.6. The van der Waals surface area contributed by atoms with E-state index in [0.29, 0.717) is 25.1 Å². The van der Waals surface area contributed by atoms with Gasteiger partial charge in [-0.3, -0.25) is 4.79 Å². The standard InChI is InChI=1S/C19H26BO5/c1-6-23-17(21)10-8-13-7-9-15-14(11-13)12-16(24-15)20-25-19(4,5)18(2,3)22/h7,9,11-12,22H,6,8,10H2,1-5H3. The third kappa shape index (κ3) is 5.09. The fourth-order valence-electron chi connectivity index (χ4n) is 2.16. The predicted molar refractivity (Wildman–Crippen MR) is 98.0 cm³/mol. The van der Waals surface area contributed by atoms with Crippen LogP contribution in [0.15, 0.2) is 28.7 Å². The molecule has 0 aliphatic heterocycles. The number of ether oxygens (including phenoxy) is 1. The van der Waals surface area contributed by atoms with Gasteiger partial charge in [-0.15, -0.1) is 0 Å². The first-order chi connectivity index (χ1) is 11.6. The van der Waals surface area contributed by atoms with Gasteiger partial charge in [-0.2, -0.15) is 0 Å². The summed E-state index contributed by atoms with van der Waals surface area (Å²) >= 11 is 0. The Labute approximate surface area is 149 Å². The molecule has 0 saturated carbocycles. The Hall–Kier alpha value is -1.79. The molecule has 0 atom stereocenters. The van der Waals surface area contributed by atoms with Gasteiger partial charge < -0.3 is 18.9 Å². The van der Waals surface area contributed by atoms with Gasteiger partial charge in [0.05, 0.1) is 23.5 Å². The second-order valence-corrected chi connectivity index (χ2v) is 7.13. The number of furan rings is 1. The number of esters is 1.